The highest BCUT2D eigenvalue weighted by molar-refractivity contribution is 5.93. The number of carboxylic acid groups (broad SMARTS) is 1. The number of carbonyl (C=O) groups is 2. The molecule has 1 aliphatic heterocycles. The number of aromatic amines is 1. The van der Waals surface area contributed by atoms with Gasteiger partial charge in [-0.25, -0.2) is 24.0 Å². The number of carboxylic acids is 1. The number of hydrogen-bond donors (Lipinski definition) is 2. The number of H-pyrrole nitrogens is 1. The molecule has 46 heavy (non-hydrogen) atoms. The molecule has 1 unspecified atom stereocenters. The Morgan fingerprint density at radius 2 is 1.96 bits per heavy atom. The van der Waals surface area contributed by atoms with Gasteiger partial charge in [0.1, 0.15) is 6.04 Å². The lowest BCUT2D eigenvalue weighted by Gasteiger charge is -2.36. The number of ether oxygens (including phenoxy) is 1. The van der Waals surface area contributed by atoms with Gasteiger partial charge in [-0.1, -0.05) is 12.1 Å². The van der Waals surface area contributed by atoms with E-state index in [2.05, 4.69) is 16.3 Å². The topological polar surface area (TPSA) is 141 Å². The van der Waals surface area contributed by atoms with Gasteiger partial charge in [-0.3, -0.25) is 4.90 Å². The number of nitriles is 1. The van der Waals surface area contributed by atoms with E-state index in [9.17, 15) is 37.9 Å². The largest absolute Gasteiger partial charge is 0.477 e. The summed E-state index contributed by atoms with van der Waals surface area (Å²) in [6.45, 7) is 2.80. The second-order valence-corrected chi connectivity index (χ2v) is 12.1. The maximum Gasteiger partial charge on any atom is 0.416 e. The summed E-state index contributed by atoms with van der Waals surface area (Å²) in [5.74, 6) is -1.24. The van der Waals surface area contributed by atoms with Crippen LogP contribution in [0.1, 0.15) is 54.5 Å². The summed E-state index contributed by atoms with van der Waals surface area (Å²) in [6, 6.07) is 10.4. The number of carbonyl (C=O) groups excluding carboxylic acids is 1. The fraction of sp³-hybridized carbons (Fsp3) is 0.406. The molecule has 1 fully saturated rings. The first kappa shape index (κ1) is 32.5. The number of aromatic nitrogens is 3. The van der Waals surface area contributed by atoms with Crippen LogP contribution in [0.3, 0.4) is 0 Å². The fourth-order valence-electron chi connectivity index (χ4n) is 6.37. The first-order chi connectivity index (χ1) is 21.8. The molecule has 2 atom stereocenters. The third-order valence-electron chi connectivity index (χ3n) is 8.60. The van der Waals surface area contributed by atoms with Crippen LogP contribution in [0.5, 0.6) is 0 Å². The summed E-state index contributed by atoms with van der Waals surface area (Å²) in [4.78, 5) is 39.8. The molecular formula is C32H34F3N6O5+. The summed E-state index contributed by atoms with van der Waals surface area (Å²) in [7, 11) is 3.09. The van der Waals surface area contributed by atoms with Crippen molar-refractivity contribution in [2.75, 3.05) is 38.7 Å². The molecule has 2 aromatic carbocycles. The molecule has 1 aromatic heterocycles. The number of methoxy groups -OCH3 is 1. The Morgan fingerprint density at radius 1 is 1.22 bits per heavy atom. The van der Waals surface area contributed by atoms with Gasteiger partial charge in [0.05, 0.1) is 50.0 Å². The van der Waals surface area contributed by atoms with Gasteiger partial charge in [0.25, 0.3) is 0 Å². The quantitative estimate of drug-likeness (QED) is 0.231. The fourth-order valence-corrected chi connectivity index (χ4v) is 6.37. The third-order valence-corrected chi connectivity index (χ3v) is 8.60. The van der Waals surface area contributed by atoms with Crippen LogP contribution in [0.15, 0.2) is 58.5 Å². The van der Waals surface area contributed by atoms with E-state index in [1.165, 1.54) is 35.6 Å². The molecule has 14 heteroatoms. The number of fused-ring (bicyclic) bond motifs is 1. The number of quaternary nitrogens is 1. The highest BCUT2D eigenvalue weighted by atomic mass is 19.4. The average Bonchev–Trinajstić information content (AvgIpc) is 3.73. The predicted octanol–water partition coefficient (Wildman–Crippen LogP) is 4.52. The van der Waals surface area contributed by atoms with Crippen molar-refractivity contribution in [2.24, 2.45) is 5.92 Å². The van der Waals surface area contributed by atoms with E-state index in [-0.39, 0.29) is 29.5 Å². The standard InChI is InChI=1S/C32H33F3N6O5/c1-19-27(29(44)46-3)28(40-30(37-38-31(40)45)39(19)24-8-4-7-23(15-24)32(33,34)35)25-12-11-21(16-36)14-22(25)6-5-13-41(2,18-26(42)43)17-20-9-10-20/h4,7-8,11-12,14-15,20,28H,5-6,9-10,13,17-18H2,1-3H3,(H-,38,42,43,45)/p+1/t28-,41?/m1/s1. The Kier molecular flexibility index (Phi) is 8.81. The van der Waals surface area contributed by atoms with Crippen molar-refractivity contribution in [3.8, 4) is 6.07 Å². The predicted molar refractivity (Wildman–Crippen MR) is 160 cm³/mol. The number of halogens is 3. The van der Waals surface area contributed by atoms with Crippen molar-refractivity contribution in [3.05, 3.63) is 86.5 Å². The zero-order chi connectivity index (χ0) is 33.4. The van der Waals surface area contributed by atoms with Gasteiger partial charge >= 0.3 is 23.8 Å². The van der Waals surface area contributed by atoms with Crippen LogP contribution in [0.25, 0.3) is 0 Å². The van der Waals surface area contributed by atoms with Gasteiger partial charge in [-0.15, -0.1) is 5.10 Å². The molecular weight excluding hydrogens is 605 g/mol. The molecule has 0 amide bonds. The van der Waals surface area contributed by atoms with Crippen molar-refractivity contribution in [3.63, 3.8) is 0 Å². The molecule has 2 N–H and O–H groups in total. The molecule has 2 heterocycles. The summed E-state index contributed by atoms with van der Waals surface area (Å²) >= 11 is 0. The maximum absolute atomic E-state index is 13.6. The van der Waals surface area contributed by atoms with Gasteiger partial charge in [0, 0.05) is 23.7 Å². The van der Waals surface area contributed by atoms with Crippen LogP contribution in [-0.4, -0.2) is 70.1 Å². The van der Waals surface area contributed by atoms with Crippen molar-refractivity contribution in [1.29, 1.82) is 5.26 Å². The van der Waals surface area contributed by atoms with Crippen LogP contribution < -0.4 is 10.6 Å². The summed E-state index contributed by atoms with van der Waals surface area (Å²) in [5, 5.41) is 25.8. The number of aryl methyl sites for hydroxylation is 1. The minimum absolute atomic E-state index is 0.00194. The molecule has 1 aliphatic carbocycles. The van der Waals surface area contributed by atoms with Crippen molar-refractivity contribution < 1.29 is 37.1 Å². The second-order valence-electron chi connectivity index (χ2n) is 12.1. The molecule has 0 radical (unpaired) electrons. The Bertz CT molecular complexity index is 1800. The number of allylic oxidation sites excluding steroid dienone is 1. The van der Waals surface area contributed by atoms with E-state index in [1.807, 2.05) is 7.05 Å². The van der Waals surface area contributed by atoms with Gasteiger partial charge in [-0.05, 0) is 67.6 Å². The van der Waals surface area contributed by atoms with Crippen LogP contribution in [0, 0.1) is 17.2 Å². The number of benzene rings is 2. The second kappa shape index (κ2) is 12.5. The van der Waals surface area contributed by atoms with Crippen LogP contribution in [-0.2, 0) is 26.9 Å². The van der Waals surface area contributed by atoms with Gasteiger partial charge in [0.2, 0.25) is 5.95 Å². The Morgan fingerprint density at radius 3 is 2.59 bits per heavy atom. The number of esters is 1. The van der Waals surface area contributed by atoms with E-state index in [1.54, 1.807) is 18.2 Å². The number of alkyl halides is 3. The number of likely N-dealkylation sites (N-methyl/N-ethyl adjacent to an activating group) is 1. The highest BCUT2D eigenvalue weighted by Crippen LogP contribution is 2.44. The Labute approximate surface area is 262 Å². The Balaban J connectivity index is 1.61. The number of anilines is 2. The lowest BCUT2D eigenvalue weighted by molar-refractivity contribution is -0.904. The van der Waals surface area contributed by atoms with Crippen molar-refractivity contribution >= 4 is 23.6 Å². The normalized spacial score (nSPS) is 17.7. The zero-order valence-corrected chi connectivity index (χ0v) is 25.6. The van der Waals surface area contributed by atoms with E-state index < -0.39 is 35.4 Å². The van der Waals surface area contributed by atoms with Crippen LogP contribution >= 0.6 is 0 Å². The first-order valence-corrected chi connectivity index (χ1v) is 14.8. The molecule has 5 rings (SSSR count). The van der Waals surface area contributed by atoms with Gasteiger partial charge in [-0.2, -0.15) is 18.4 Å². The average molecular weight is 640 g/mol. The molecule has 2 aliphatic rings. The molecule has 11 nitrogen and oxygen atoms in total. The summed E-state index contributed by atoms with van der Waals surface area (Å²) in [6.07, 6.45) is -1.55. The zero-order valence-electron chi connectivity index (χ0n) is 25.6. The molecule has 0 bridgehead atoms. The van der Waals surface area contributed by atoms with E-state index >= 15 is 0 Å². The third kappa shape index (κ3) is 6.55. The van der Waals surface area contributed by atoms with Crippen LogP contribution in [0.2, 0.25) is 0 Å². The van der Waals surface area contributed by atoms with Gasteiger partial charge < -0.3 is 14.3 Å². The number of hydrogen-bond acceptors (Lipinski definition) is 7. The highest BCUT2D eigenvalue weighted by Gasteiger charge is 2.41. The Hall–Kier alpha value is -4.90. The minimum Gasteiger partial charge on any atom is -0.477 e. The summed E-state index contributed by atoms with van der Waals surface area (Å²) in [5.41, 5.74) is 0.0967. The lowest BCUT2D eigenvalue weighted by Crippen LogP contribution is -2.49. The number of nitrogens with one attached hydrogen (secondary N) is 1. The monoisotopic (exact) mass is 639 g/mol. The molecule has 0 saturated heterocycles. The molecule has 242 valence electrons. The van der Waals surface area contributed by atoms with Gasteiger partial charge in [0.15, 0.2) is 6.54 Å². The number of aliphatic carboxylic acids is 1. The van der Waals surface area contributed by atoms with E-state index in [0.717, 1.165) is 31.5 Å². The number of nitrogens with zero attached hydrogens (tertiary/aromatic N) is 5. The van der Waals surface area contributed by atoms with Crippen LogP contribution in [0.4, 0.5) is 24.8 Å². The van der Waals surface area contributed by atoms with Crippen molar-refractivity contribution in [2.45, 2.75) is 44.8 Å². The lowest BCUT2D eigenvalue weighted by atomic mass is 9.88. The first-order valence-electron chi connectivity index (χ1n) is 14.8. The minimum atomic E-state index is -4.64. The summed E-state index contributed by atoms with van der Waals surface area (Å²) < 4.78 is 47.6. The smallest absolute Gasteiger partial charge is 0.416 e. The maximum atomic E-state index is 13.6. The molecule has 0 spiro atoms. The van der Waals surface area contributed by atoms with E-state index in [0.29, 0.717) is 46.5 Å². The molecule has 1 saturated carbocycles. The van der Waals surface area contributed by atoms with Crippen molar-refractivity contribution in [1.82, 2.24) is 14.8 Å². The van der Waals surface area contributed by atoms with E-state index in [4.69, 9.17) is 4.74 Å². The SMILES string of the molecule is COC(=O)C1=C(C)N(c2cccc(C(F)(F)F)c2)c2n[nH]c(=O)n2[C@@H]1c1ccc(C#N)cc1CCC[N+](C)(CC(=O)O)CC1CC1. The number of rotatable bonds is 11. The molecule has 3 aromatic rings.